The molecule has 128 valence electrons. The van der Waals surface area contributed by atoms with Gasteiger partial charge in [-0.25, -0.2) is 18.7 Å². The second-order valence-electron chi connectivity index (χ2n) is 5.13. The van der Waals surface area contributed by atoms with Crippen LogP contribution in [0.1, 0.15) is 15.9 Å². The predicted octanol–water partition coefficient (Wildman–Crippen LogP) is 3.62. The highest BCUT2D eigenvalue weighted by Crippen LogP contribution is 2.20. The first-order valence-corrected chi connectivity index (χ1v) is 7.42. The molecule has 3 rings (SSSR count). The number of nitrogens with zero attached hydrogens (tertiary/aromatic N) is 3. The van der Waals surface area contributed by atoms with Gasteiger partial charge >= 0.3 is 0 Å². The standard InChI is InChI=1S/C18H11F2N5O/c19-13-5-3-6-14(20)16(13)25-17(26)12-9-22-18(23-10-12)24-15-7-2-1-4-11(15)8-21/h1-7,9-10H,(H,25,26)(H,22,23,24). The number of nitrogens with one attached hydrogen (secondary N) is 2. The van der Waals surface area contributed by atoms with Gasteiger partial charge in [0, 0.05) is 12.4 Å². The minimum absolute atomic E-state index is 0.0202. The molecule has 0 aliphatic rings. The highest BCUT2D eigenvalue weighted by molar-refractivity contribution is 6.04. The van der Waals surface area contributed by atoms with Crippen molar-refractivity contribution < 1.29 is 13.6 Å². The molecule has 2 N–H and O–H groups in total. The zero-order valence-corrected chi connectivity index (χ0v) is 13.2. The number of hydrogen-bond acceptors (Lipinski definition) is 5. The Balaban J connectivity index is 1.75. The lowest BCUT2D eigenvalue weighted by atomic mass is 10.2. The molecule has 0 fully saturated rings. The fourth-order valence-corrected chi connectivity index (χ4v) is 2.12. The van der Waals surface area contributed by atoms with Crippen LogP contribution >= 0.6 is 0 Å². The summed E-state index contributed by atoms with van der Waals surface area (Å²) >= 11 is 0. The zero-order valence-electron chi connectivity index (χ0n) is 13.2. The molecule has 0 bridgehead atoms. The van der Waals surface area contributed by atoms with Gasteiger partial charge in [0.05, 0.1) is 16.8 Å². The summed E-state index contributed by atoms with van der Waals surface area (Å²) in [5.74, 6) is -2.35. The van der Waals surface area contributed by atoms with Crippen molar-refractivity contribution in [2.24, 2.45) is 0 Å². The van der Waals surface area contributed by atoms with Crippen LogP contribution in [-0.4, -0.2) is 15.9 Å². The van der Waals surface area contributed by atoms with Gasteiger partial charge in [-0.15, -0.1) is 0 Å². The Bertz CT molecular complexity index is 979. The Morgan fingerprint density at radius 1 is 1.00 bits per heavy atom. The third-order valence-corrected chi connectivity index (χ3v) is 3.41. The van der Waals surface area contributed by atoms with E-state index in [4.69, 9.17) is 5.26 Å². The molecule has 0 saturated carbocycles. The first-order chi connectivity index (χ1) is 12.6. The van der Waals surface area contributed by atoms with E-state index in [1.165, 1.54) is 18.5 Å². The molecule has 8 heteroatoms. The van der Waals surface area contributed by atoms with Crippen molar-refractivity contribution in [3.05, 3.63) is 77.6 Å². The Morgan fingerprint density at radius 3 is 2.31 bits per heavy atom. The van der Waals surface area contributed by atoms with Crippen LogP contribution in [0.5, 0.6) is 0 Å². The fraction of sp³-hybridized carbons (Fsp3) is 0. The van der Waals surface area contributed by atoms with E-state index in [0.29, 0.717) is 11.3 Å². The van der Waals surface area contributed by atoms with Crippen molar-refractivity contribution in [1.29, 1.82) is 5.26 Å². The Hall–Kier alpha value is -3.86. The summed E-state index contributed by atoms with van der Waals surface area (Å²) in [7, 11) is 0. The van der Waals surface area contributed by atoms with Gasteiger partial charge in [-0.05, 0) is 24.3 Å². The molecule has 0 unspecified atom stereocenters. The first-order valence-electron chi connectivity index (χ1n) is 7.42. The maximum absolute atomic E-state index is 13.6. The van der Waals surface area contributed by atoms with E-state index < -0.39 is 23.2 Å². The summed E-state index contributed by atoms with van der Waals surface area (Å²) in [5, 5.41) is 14.1. The zero-order chi connectivity index (χ0) is 18.5. The number of benzene rings is 2. The molecule has 0 radical (unpaired) electrons. The average Bonchev–Trinajstić information content (AvgIpc) is 2.66. The number of hydrogen-bond donors (Lipinski definition) is 2. The Kier molecular flexibility index (Phi) is 4.80. The molecule has 1 amide bonds. The van der Waals surface area contributed by atoms with E-state index in [9.17, 15) is 13.6 Å². The molecule has 0 spiro atoms. The van der Waals surface area contributed by atoms with Crippen LogP contribution in [0.4, 0.5) is 26.1 Å². The third kappa shape index (κ3) is 3.62. The minimum Gasteiger partial charge on any atom is -0.323 e. The molecular weight excluding hydrogens is 340 g/mol. The molecule has 26 heavy (non-hydrogen) atoms. The van der Waals surface area contributed by atoms with Crippen molar-refractivity contribution >= 4 is 23.2 Å². The third-order valence-electron chi connectivity index (χ3n) is 3.41. The summed E-state index contributed by atoms with van der Waals surface area (Å²) in [6.07, 6.45) is 2.41. The predicted molar refractivity (Wildman–Crippen MR) is 90.8 cm³/mol. The monoisotopic (exact) mass is 351 g/mol. The number of halogens is 2. The van der Waals surface area contributed by atoms with Gasteiger partial charge in [-0.1, -0.05) is 18.2 Å². The second-order valence-corrected chi connectivity index (χ2v) is 5.13. The minimum atomic E-state index is -0.884. The van der Waals surface area contributed by atoms with Gasteiger partial charge in [0.2, 0.25) is 5.95 Å². The van der Waals surface area contributed by atoms with Crippen LogP contribution in [0.2, 0.25) is 0 Å². The number of aromatic nitrogens is 2. The lowest BCUT2D eigenvalue weighted by molar-refractivity contribution is 0.102. The van der Waals surface area contributed by atoms with E-state index in [2.05, 4.69) is 20.6 Å². The highest BCUT2D eigenvalue weighted by atomic mass is 19.1. The molecule has 1 aromatic heterocycles. The highest BCUT2D eigenvalue weighted by Gasteiger charge is 2.14. The van der Waals surface area contributed by atoms with Crippen LogP contribution in [0.3, 0.4) is 0 Å². The lowest BCUT2D eigenvalue weighted by Crippen LogP contribution is -2.15. The number of nitriles is 1. The Labute approximate surface area is 147 Å². The van der Waals surface area contributed by atoms with Crippen molar-refractivity contribution in [3.63, 3.8) is 0 Å². The van der Waals surface area contributed by atoms with E-state index in [1.54, 1.807) is 24.3 Å². The molecule has 1 heterocycles. The lowest BCUT2D eigenvalue weighted by Gasteiger charge is -2.08. The summed E-state index contributed by atoms with van der Waals surface area (Å²) in [5.41, 5.74) is 0.406. The van der Waals surface area contributed by atoms with Crippen LogP contribution < -0.4 is 10.6 Å². The molecule has 0 saturated heterocycles. The summed E-state index contributed by atoms with van der Waals surface area (Å²) in [4.78, 5) is 20.1. The molecule has 0 atom stereocenters. The summed E-state index contributed by atoms with van der Waals surface area (Å²) < 4.78 is 27.2. The number of anilines is 3. The van der Waals surface area contributed by atoms with Crippen molar-refractivity contribution in [1.82, 2.24) is 9.97 Å². The Morgan fingerprint density at radius 2 is 1.65 bits per heavy atom. The topological polar surface area (TPSA) is 90.7 Å². The van der Waals surface area contributed by atoms with Crippen molar-refractivity contribution in [3.8, 4) is 6.07 Å². The quantitative estimate of drug-likeness (QED) is 0.749. The van der Waals surface area contributed by atoms with Crippen LogP contribution in [0, 0.1) is 23.0 Å². The first kappa shape index (κ1) is 17.0. The number of carbonyl (C=O) groups is 1. The smallest absolute Gasteiger partial charge is 0.258 e. The number of para-hydroxylation sites is 2. The van der Waals surface area contributed by atoms with Crippen LogP contribution in [0.15, 0.2) is 54.9 Å². The summed E-state index contributed by atoms with van der Waals surface area (Å²) in [6, 6.07) is 12.1. The van der Waals surface area contributed by atoms with Gasteiger partial charge < -0.3 is 10.6 Å². The average molecular weight is 351 g/mol. The molecule has 6 nitrogen and oxygen atoms in total. The normalized spacial score (nSPS) is 10.0. The van der Waals surface area contributed by atoms with E-state index >= 15 is 0 Å². The van der Waals surface area contributed by atoms with Gasteiger partial charge in [0.1, 0.15) is 23.4 Å². The maximum Gasteiger partial charge on any atom is 0.258 e. The van der Waals surface area contributed by atoms with Gasteiger partial charge in [0.15, 0.2) is 0 Å². The number of amides is 1. The largest absolute Gasteiger partial charge is 0.323 e. The fourth-order valence-electron chi connectivity index (χ4n) is 2.12. The molecular formula is C18H11F2N5O. The number of carbonyl (C=O) groups excluding carboxylic acids is 1. The molecule has 0 aliphatic heterocycles. The van der Waals surface area contributed by atoms with E-state index in [0.717, 1.165) is 12.1 Å². The van der Waals surface area contributed by atoms with Gasteiger partial charge in [-0.3, -0.25) is 4.79 Å². The van der Waals surface area contributed by atoms with Gasteiger partial charge in [0.25, 0.3) is 5.91 Å². The SMILES string of the molecule is N#Cc1ccccc1Nc1ncc(C(=O)Nc2c(F)cccc2F)cn1. The molecule has 2 aromatic carbocycles. The van der Waals surface area contributed by atoms with Crippen molar-refractivity contribution in [2.75, 3.05) is 10.6 Å². The summed E-state index contributed by atoms with van der Waals surface area (Å²) in [6.45, 7) is 0. The second kappa shape index (κ2) is 7.36. The van der Waals surface area contributed by atoms with E-state index in [-0.39, 0.29) is 11.5 Å². The maximum atomic E-state index is 13.6. The van der Waals surface area contributed by atoms with Crippen LogP contribution in [-0.2, 0) is 0 Å². The van der Waals surface area contributed by atoms with Gasteiger partial charge in [-0.2, -0.15) is 5.26 Å². The van der Waals surface area contributed by atoms with Crippen molar-refractivity contribution in [2.45, 2.75) is 0 Å². The number of rotatable bonds is 4. The molecule has 3 aromatic rings. The molecule has 0 aliphatic carbocycles. The van der Waals surface area contributed by atoms with Crippen LogP contribution in [0.25, 0.3) is 0 Å². The van der Waals surface area contributed by atoms with E-state index in [1.807, 2.05) is 6.07 Å².